The molecule has 1 fully saturated rings. The fraction of sp³-hybridized carbons (Fsp3) is 0.688. The number of aromatic nitrogens is 1. The number of thiazole rings is 1. The lowest BCUT2D eigenvalue weighted by Crippen LogP contribution is -2.46. The number of carbonyl (C=O) groups excluding carboxylic acids is 2. The van der Waals surface area contributed by atoms with E-state index < -0.39 is 5.60 Å². The van der Waals surface area contributed by atoms with Gasteiger partial charge in [-0.2, -0.15) is 0 Å². The minimum Gasteiger partial charge on any atom is -0.388 e. The summed E-state index contributed by atoms with van der Waals surface area (Å²) >= 11 is 1.38. The molecule has 4 N–H and O–H groups in total. The van der Waals surface area contributed by atoms with Crippen molar-refractivity contribution in [2.75, 3.05) is 39.5 Å². The number of hydrogen-bond donors (Lipinski definition) is 3. The highest BCUT2D eigenvalue weighted by Crippen LogP contribution is 2.22. The van der Waals surface area contributed by atoms with E-state index in [1.54, 1.807) is 19.0 Å². The maximum Gasteiger partial charge on any atom is 0.316 e. The number of urea groups is 1. The van der Waals surface area contributed by atoms with E-state index in [0.717, 1.165) is 5.69 Å². The monoisotopic (exact) mass is 369 g/mol. The van der Waals surface area contributed by atoms with E-state index in [9.17, 15) is 14.7 Å². The first-order valence-corrected chi connectivity index (χ1v) is 9.32. The number of aryl methyl sites for hydroxylation is 1. The Morgan fingerprint density at radius 3 is 2.84 bits per heavy atom. The average molecular weight is 369 g/mol. The molecule has 0 aliphatic carbocycles. The van der Waals surface area contributed by atoms with Crippen molar-refractivity contribution in [3.8, 4) is 0 Å². The molecule has 25 heavy (non-hydrogen) atoms. The van der Waals surface area contributed by atoms with Gasteiger partial charge in [-0.05, 0) is 25.7 Å². The summed E-state index contributed by atoms with van der Waals surface area (Å²) < 4.78 is 0. The highest BCUT2D eigenvalue weighted by Gasteiger charge is 2.32. The summed E-state index contributed by atoms with van der Waals surface area (Å²) in [6, 6.07) is -0.229. The van der Waals surface area contributed by atoms with Crippen LogP contribution < -0.4 is 11.1 Å². The van der Waals surface area contributed by atoms with Crippen LogP contribution in [0.1, 0.15) is 31.4 Å². The minimum atomic E-state index is -0.968. The van der Waals surface area contributed by atoms with Gasteiger partial charge in [0.1, 0.15) is 0 Å². The number of nitrogens with one attached hydrogen (secondary N) is 1. The van der Waals surface area contributed by atoms with Crippen LogP contribution in [-0.2, 0) is 11.2 Å². The third kappa shape index (κ3) is 5.86. The predicted molar refractivity (Wildman–Crippen MR) is 97.3 cm³/mol. The second kappa shape index (κ2) is 8.48. The topological polar surface area (TPSA) is 112 Å². The van der Waals surface area contributed by atoms with Crippen LogP contribution in [-0.4, -0.2) is 71.2 Å². The Labute approximate surface area is 152 Å². The van der Waals surface area contributed by atoms with E-state index in [2.05, 4.69) is 10.3 Å². The van der Waals surface area contributed by atoms with Crippen LogP contribution >= 0.6 is 11.3 Å². The highest BCUT2D eigenvalue weighted by atomic mass is 32.1. The van der Waals surface area contributed by atoms with Crippen LogP contribution in [0.5, 0.6) is 0 Å². The molecule has 0 aromatic carbocycles. The molecule has 140 valence electrons. The van der Waals surface area contributed by atoms with Crippen molar-refractivity contribution in [2.24, 2.45) is 0 Å². The Morgan fingerprint density at radius 1 is 1.44 bits per heavy atom. The Bertz CT molecular complexity index is 606. The van der Waals surface area contributed by atoms with Crippen molar-refractivity contribution in [1.29, 1.82) is 0 Å². The molecule has 3 amide bonds. The van der Waals surface area contributed by atoms with Crippen LogP contribution in [0.3, 0.4) is 0 Å². The maximum atomic E-state index is 12.4. The van der Waals surface area contributed by atoms with Gasteiger partial charge in [0, 0.05) is 45.5 Å². The summed E-state index contributed by atoms with van der Waals surface area (Å²) in [5, 5.41) is 15.8. The van der Waals surface area contributed by atoms with E-state index in [4.69, 9.17) is 5.73 Å². The Morgan fingerprint density at radius 2 is 2.20 bits per heavy atom. The van der Waals surface area contributed by atoms with Gasteiger partial charge in [0.2, 0.25) is 5.91 Å². The summed E-state index contributed by atoms with van der Waals surface area (Å²) in [5.41, 5.74) is 5.47. The fourth-order valence-electron chi connectivity index (χ4n) is 2.83. The van der Waals surface area contributed by atoms with Crippen LogP contribution in [0.2, 0.25) is 0 Å². The SMILES string of the molecule is CN(C)C(=O)NCC1(O)CCCN(C(=O)CCc2csc(N)n2)CC1. The first-order chi connectivity index (χ1) is 11.8. The molecule has 0 spiro atoms. The number of carbonyl (C=O) groups is 2. The molecule has 1 aliphatic rings. The van der Waals surface area contributed by atoms with Gasteiger partial charge in [-0.3, -0.25) is 4.79 Å². The zero-order valence-electron chi connectivity index (χ0n) is 14.8. The number of aliphatic hydroxyl groups is 1. The third-order valence-electron chi connectivity index (χ3n) is 4.41. The van der Waals surface area contributed by atoms with E-state index in [0.29, 0.717) is 50.3 Å². The number of rotatable bonds is 5. The van der Waals surface area contributed by atoms with Gasteiger partial charge in [-0.15, -0.1) is 11.3 Å². The summed E-state index contributed by atoms with van der Waals surface area (Å²) in [5.74, 6) is 0.0631. The molecular weight excluding hydrogens is 342 g/mol. The lowest BCUT2D eigenvalue weighted by atomic mass is 9.95. The number of anilines is 1. The molecule has 1 saturated heterocycles. The second-order valence-electron chi connectivity index (χ2n) is 6.69. The van der Waals surface area contributed by atoms with E-state index in [1.165, 1.54) is 16.2 Å². The molecule has 1 aromatic heterocycles. The number of nitrogen functional groups attached to an aromatic ring is 1. The fourth-order valence-corrected chi connectivity index (χ4v) is 3.43. The zero-order chi connectivity index (χ0) is 18.4. The lowest BCUT2D eigenvalue weighted by molar-refractivity contribution is -0.131. The van der Waals surface area contributed by atoms with Crippen molar-refractivity contribution in [3.05, 3.63) is 11.1 Å². The summed E-state index contributed by atoms with van der Waals surface area (Å²) in [7, 11) is 3.31. The number of likely N-dealkylation sites (tertiary alicyclic amines) is 1. The van der Waals surface area contributed by atoms with Crippen molar-refractivity contribution in [2.45, 2.75) is 37.7 Å². The summed E-state index contributed by atoms with van der Waals surface area (Å²) in [6.45, 7) is 1.32. The number of hydrogen-bond acceptors (Lipinski definition) is 6. The highest BCUT2D eigenvalue weighted by molar-refractivity contribution is 7.13. The molecule has 1 atom stereocenters. The standard InChI is InChI=1S/C16H27N5O3S/c1-20(2)15(23)18-11-16(24)6-3-8-21(9-7-16)13(22)5-4-12-10-25-14(17)19-12/h10,24H,3-9,11H2,1-2H3,(H2,17,19)(H,18,23). The molecule has 1 aromatic rings. The molecule has 9 heteroatoms. The van der Waals surface area contributed by atoms with Crippen LogP contribution in [0.4, 0.5) is 9.93 Å². The van der Waals surface area contributed by atoms with Crippen molar-refractivity contribution < 1.29 is 14.7 Å². The first kappa shape index (κ1) is 19.5. The van der Waals surface area contributed by atoms with Gasteiger partial charge in [-0.1, -0.05) is 0 Å². The summed E-state index contributed by atoms with van der Waals surface area (Å²) in [4.78, 5) is 31.4. The molecular formula is C16H27N5O3S. The van der Waals surface area contributed by atoms with Crippen molar-refractivity contribution in [3.63, 3.8) is 0 Å². The number of amides is 3. The lowest BCUT2D eigenvalue weighted by Gasteiger charge is -2.28. The second-order valence-corrected chi connectivity index (χ2v) is 7.58. The largest absolute Gasteiger partial charge is 0.388 e. The van der Waals surface area contributed by atoms with Gasteiger partial charge in [-0.25, -0.2) is 9.78 Å². The van der Waals surface area contributed by atoms with E-state index in [1.807, 2.05) is 5.38 Å². The third-order valence-corrected chi connectivity index (χ3v) is 5.13. The molecule has 1 aliphatic heterocycles. The molecule has 8 nitrogen and oxygen atoms in total. The zero-order valence-corrected chi connectivity index (χ0v) is 15.6. The molecule has 2 rings (SSSR count). The summed E-state index contributed by atoms with van der Waals surface area (Å²) in [6.07, 6.45) is 2.69. The molecule has 1 unspecified atom stereocenters. The molecule has 0 radical (unpaired) electrons. The smallest absolute Gasteiger partial charge is 0.316 e. The van der Waals surface area contributed by atoms with Gasteiger partial charge < -0.3 is 26.0 Å². The predicted octanol–water partition coefficient (Wildman–Crippen LogP) is 0.673. The Kier molecular flexibility index (Phi) is 6.60. The molecule has 0 saturated carbocycles. The van der Waals surface area contributed by atoms with Gasteiger partial charge in [0.05, 0.1) is 11.3 Å². The Hall–Kier alpha value is -1.87. The maximum absolute atomic E-state index is 12.4. The Balaban J connectivity index is 1.81. The van der Waals surface area contributed by atoms with E-state index in [-0.39, 0.29) is 18.5 Å². The normalized spacial score (nSPS) is 20.8. The van der Waals surface area contributed by atoms with E-state index >= 15 is 0 Å². The minimum absolute atomic E-state index is 0.0631. The van der Waals surface area contributed by atoms with Crippen molar-refractivity contribution >= 4 is 28.4 Å². The van der Waals surface area contributed by atoms with Crippen molar-refractivity contribution in [1.82, 2.24) is 20.1 Å². The molecule has 0 bridgehead atoms. The average Bonchev–Trinajstić information content (AvgIpc) is 2.88. The quantitative estimate of drug-likeness (QED) is 0.706. The number of nitrogens with two attached hydrogens (primary N) is 1. The van der Waals surface area contributed by atoms with Crippen LogP contribution in [0, 0.1) is 0 Å². The van der Waals surface area contributed by atoms with Crippen LogP contribution in [0.25, 0.3) is 0 Å². The van der Waals surface area contributed by atoms with Gasteiger partial charge in [0.25, 0.3) is 0 Å². The molecule has 2 heterocycles. The first-order valence-electron chi connectivity index (χ1n) is 8.44. The van der Waals surface area contributed by atoms with Gasteiger partial charge in [0.15, 0.2) is 5.13 Å². The van der Waals surface area contributed by atoms with Gasteiger partial charge >= 0.3 is 6.03 Å². The number of nitrogens with zero attached hydrogens (tertiary/aromatic N) is 3. The van der Waals surface area contributed by atoms with Crippen LogP contribution in [0.15, 0.2) is 5.38 Å².